The van der Waals surface area contributed by atoms with Crippen LogP contribution in [0.3, 0.4) is 0 Å². The van der Waals surface area contributed by atoms with E-state index in [2.05, 4.69) is 17.0 Å². The Labute approximate surface area is 85.2 Å². The number of hydrogen-bond donors (Lipinski definition) is 1. The van der Waals surface area contributed by atoms with E-state index >= 15 is 0 Å². The molecule has 0 aliphatic heterocycles. The summed E-state index contributed by atoms with van der Waals surface area (Å²) in [6.45, 7) is 2.10. The van der Waals surface area contributed by atoms with E-state index < -0.39 is 0 Å². The lowest BCUT2D eigenvalue weighted by Gasteiger charge is -2.27. The molecule has 2 aliphatic carbocycles. The lowest BCUT2D eigenvalue weighted by molar-refractivity contribution is 0.157. The number of hydrogen-bond acceptors (Lipinski definition) is 2. The zero-order valence-corrected chi connectivity index (χ0v) is 8.95. The Morgan fingerprint density at radius 1 is 1.43 bits per heavy atom. The number of carbonyl (C=O) groups excluding carboxylic acids is 1. The van der Waals surface area contributed by atoms with Gasteiger partial charge in [0.05, 0.1) is 7.11 Å². The molecule has 0 aromatic rings. The van der Waals surface area contributed by atoms with Crippen molar-refractivity contribution >= 4 is 6.09 Å². The first-order chi connectivity index (χ1) is 6.70. The first kappa shape index (κ1) is 9.81. The standard InChI is InChI=1S/C11H19NO2/c1-7(12-11(13)14-2)10-6-8-3-4-9(10)5-8/h7-10H,3-6H2,1-2H3,(H,12,13)/t7-,8+,9+,10-/m1/s1. The molecule has 0 saturated heterocycles. The van der Waals surface area contributed by atoms with Crippen LogP contribution < -0.4 is 5.32 Å². The molecule has 2 saturated carbocycles. The maximum Gasteiger partial charge on any atom is 0.407 e. The lowest BCUT2D eigenvalue weighted by atomic mass is 9.84. The molecule has 3 heteroatoms. The fraction of sp³-hybridized carbons (Fsp3) is 0.909. The van der Waals surface area contributed by atoms with E-state index in [1.165, 1.54) is 32.8 Å². The third-order valence-electron chi connectivity index (χ3n) is 3.97. The van der Waals surface area contributed by atoms with Gasteiger partial charge in [0.2, 0.25) is 0 Å². The topological polar surface area (TPSA) is 38.3 Å². The lowest BCUT2D eigenvalue weighted by Crippen LogP contribution is -2.39. The predicted octanol–water partition coefficient (Wildman–Crippen LogP) is 2.17. The molecule has 0 heterocycles. The van der Waals surface area contributed by atoms with Crippen molar-refractivity contribution in [2.75, 3.05) is 7.11 Å². The zero-order chi connectivity index (χ0) is 10.1. The highest BCUT2D eigenvalue weighted by Crippen LogP contribution is 2.49. The van der Waals surface area contributed by atoms with Gasteiger partial charge in [-0.15, -0.1) is 0 Å². The number of nitrogens with one attached hydrogen (secondary N) is 1. The summed E-state index contributed by atoms with van der Waals surface area (Å²) >= 11 is 0. The Balaban J connectivity index is 1.86. The Morgan fingerprint density at radius 2 is 2.21 bits per heavy atom. The molecule has 4 atom stereocenters. The van der Waals surface area contributed by atoms with Gasteiger partial charge in [-0.2, -0.15) is 0 Å². The summed E-state index contributed by atoms with van der Waals surface area (Å²) in [5, 5.41) is 2.90. The Kier molecular flexibility index (Phi) is 2.66. The molecule has 2 fully saturated rings. The van der Waals surface area contributed by atoms with Gasteiger partial charge in [0.25, 0.3) is 0 Å². The van der Waals surface area contributed by atoms with Crippen molar-refractivity contribution in [1.29, 1.82) is 0 Å². The molecule has 0 aromatic heterocycles. The first-order valence-electron chi connectivity index (χ1n) is 5.55. The fourth-order valence-corrected chi connectivity index (χ4v) is 3.26. The highest BCUT2D eigenvalue weighted by Gasteiger charge is 2.42. The average molecular weight is 197 g/mol. The second-order valence-electron chi connectivity index (χ2n) is 4.76. The molecule has 1 N–H and O–H groups in total. The van der Waals surface area contributed by atoms with Crippen molar-refractivity contribution < 1.29 is 9.53 Å². The summed E-state index contributed by atoms with van der Waals surface area (Å²) < 4.78 is 4.61. The van der Waals surface area contributed by atoms with Crippen molar-refractivity contribution in [1.82, 2.24) is 5.32 Å². The van der Waals surface area contributed by atoms with Gasteiger partial charge >= 0.3 is 6.09 Å². The van der Waals surface area contributed by atoms with Crippen LogP contribution in [-0.2, 0) is 4.74 Å². The van der Waals surface area contributed by atoms with E-state index in [4.69, 9.17) is 0 Å². The Hall–Kier alpha value is -0.730. The number of rotatable bonds is 2. The predicted molar refractivity (Wildman–Crippen MR) is 53.9 cm³/mol. The van der Waals surface area contributed by atoms with Crippen LogP contribution in [0.1, 0.15) is 32.6 Å². The number of carbonyl (C=O) groups is 1. The smallest absolute Gasteiger partial charge is 0.407 e. The van der Waals surface area contributed by atoms with E-state index in [0.717, 1.165) is 11.8 Å². The molecule has 14 heavy (non-hydrogen) atoms. The second-order valence-corrected chi connectivity index (χ2v) is 4.76. The molecule has 0 spiro atoms. The van der Waals surface area contributed by atoms with Crippen LogP contribution in [0.15, 0.2) is 0 Å². The summed E-state index contributed by atoms with van der Waals surface area (Å²) in [6, 6.07) is 0.276. The van der Waals surface area contributed by atoms with Crippen LogP contribution in [0.5, 0.6) is 0 Å². The summed E-state index contributed by atoms with van der Waals surface area (Å²) in [7, 11) is 1.42. The van der Waals surface area contributed by atoms with Crippen LogP contribution in [0.2, 0.25) is 0 Å². The van der Waals surface area contributed by atoms with Crippen molar-refractivity contribution in [3.63, 3.8) is 0 Å². The Morgan fingerprint density at radius 3 is 2.71 bits per heavy atom. The maximum absolute atomic E-state index is 11.1. The second kappa shape index (κ2) is 3.79. The third kappa shape index (κ3) is 1.72. The minimum atomic E-state index is -0.291. The van der Waals surface area contributed by atoms with Crippen LogP contribution in [-0.4, -0.2) is 19.2 Å². The molecular weight excluding hydrogens is 178 g/mol. The SMILES string of the molecule is COC(=O)N[C@H](C)[C@H]1C[C@H]2CC[C@H]1C2. The fourth-order valence-electron chi connectivity index (χ4n) is 3.26. The molecule has 80 valence electrons. The molecule has 0 unspecified atom stereocenters. The van der Waals surface area contributed by atoms with Gasteiger partial charge in [-0.25, -0.2) is 4.79 Å². The number of fused-ring (bicyclic) bond motifs is 2. The quantitative estimate of drug-likeness (QED) is 0.736. The van der Waals surface area contributed by atoms with Gasteiger partial charge in [-0.05, 0) is 43.9 Å². The monoisotopic (exact) mass is 197 g/mol. The van der Waals surface area contributed by atoms with Gasteiger partial charge in [-0.1, -0.05) is 6.42 Å². The van der Waals surface area contributed by atoms with Crippen LogP contribution >= 0.6 is 0 Å². The third-order valence-corrected chi connectivity index (χ3v) is 3.97. The highest BCUT2D eigenvalue weighted by atomic mass is 16.5. The Bertz CT molecular complexity index is 229. The van der Waals surface area contributed by atoms with E-state index in [0.29, 0.717) is 5.92 Å². The maximum atomic E-state index is 11.1. The number of alkyl carbamates (subject to hydrolysis) is 1. The number of ether oxygens (including phenoxy) is 1. The van der Waals surface area contributed by atoms with Gasteiger partial charge in [0.1, 0.15) is 0 Å². The molecule has 2 bridgehead atoms. The summed E-state index contributed by atoms with van der Waals surface area (Å²) in [5.74, 6) is 2.48. The van der Waals surface area contributed by atoms with Gasteiger partial charge in [-0.3, -0.25) is 0 Å². The van der Waals surface area contributed by atoms with Crippen molar-refractivity contribution in [3.8, 4) is 0 Å². The normalized spacial score (nSPS) is 36.9. The molecule has 3 nitrogen and oxygen atoms in total. The highest BCUT2D eigenvalue weighted by molar-refractivity contribution is 5.67. The van der Waals surface area contributed by atoms with E-state index in [1.807, 2.05) is 0 Å². The zero-order valence-electron chi connectivity index (χ0n) is 8.95. The minimum Gasteiger partial charge on any atom is -0.453 e. The molecule has 2 aliphatic rings. The van der Waals surface area contributed by atoms with Crippen molar-refractivity contribution in [3.05, 3.63) is 0 Å². The van der Waals surface area contributed by atoms with Crippen LogP contribution in [0.25, 0.3) is 0 Å². The summed E-state index contributed by atoms with van der Waals surface area (Å²) in [5.41, 5.74) is 0. The molecule has 1 amide bonds. The van der Waals surface area contributed by atoms with E-state index in [1.54, 1.807) is 0 Å². The van der Waals surface area contributed by atoms with E-state index in [9.17, 15) is 4.79 Å². The van der Waals surface area contributed by atoms with Crippen molar-refractivity contribution in [2.24, 2.45) is 17.8 Å². The number of methoxy groups -OCH3 is 1. The molecule has 0 aromatic carbocycles. The van der Waals surface area contributed by atoms with E-state index in [-0.39, 0.29) is 12.1 Å². The van der Waals surface area contributed by atoms with Gasteiger partial charge in [0.15, 0.2) is 0 Å². The molecule has 0 radical (unpaired) electrons. The number of amides is 1. The summed E-state index contributed by atoms with van der Waals surface area (Å²) in [4.78, 5) is 11.1. The van der Waals surface area contributed by atoms with Crippen molar-refractivity contribution in [2.45, 2.75) is 38.6 Å². The van der Waals surface area contributed by atoms with Crippen LogP contribution in [0.4, 0.5) is 4.79 Å². The minimum absolute atomic E-state index is 0.276. The molecular formula is C11H19NO2. The largest absolute Gasteiger partial charge is 0.453 e. The van der Waals surface area contributed by atoms with Gasteiger partial charge < -0.3 is 10.1 Å². The molecule has 2 rings (SSSR count). The average Bonchev–Trinajstić information content (AvgIpc) is 2.78. The van der Waals surface area contributed by atoms with Crippen LogP contribution in [0, 0.1) is 17.8 Å². The first-order valence-corrected chi connectivity index (χ1v) is 5.55. The summed E-state index contributed by atoms with van der Waals surface area (Å²) in [6.07, 6.45) is 5.17. The van der Waals surface area contributed by atoms with Gasteiger partial charge in [0, 0.05) is 6.04 Å².